The third-order valence-corrected chi connectivity index (χ3v) is 5.73. The van der Waals surface area contributed by atoms with Crippen LogP contribution < -0.4 is 0 Å². The number of rotatable bonds is 4. The van der Waals surface area contributed by atoms with Gasteiger partial charge in [0.1, 0.15) is 0 Å². The number of hydrogen-bond donors (Lipinski definition) is 0. The van der Waals surface area contributed by atoms with Gasteiger partial charge in [0.15, 0.2) is 0 Å². The largest absolute Gasteiger partial charge is 0.218 e. The van der Waals surface area contributed by atoms with Gasteiger partial charge in [-0.1, -0.05) is 37.1 Å². The summed E-state index contributed by atoms with van der Waals surface area (Å²) in [5, 5.41) is 0. The van der Waals surface area contributed by atoms with Gasteiger partial charge >= 0.3 is 0 Å². The van der Waals surface area contributed by atoms with E-state index in [9.17, 15) is 8.42 Å². The van der Waals surface area contributed by atoms with Crippen molar-refractivity contribution in [1.82, 2.24) is 4.31 Å². The molecule has 0 aliphatic heterocycles. The van der Waals surface area contributed by atoms with Gasteiger partial charge in [0.25, 0.3) is 0 Å². The van der Waals surface area contributed by atoms with E-state index in [0.29, 0.717) is 0 Å². The summed E-state index contributed by atoms with van der Waals surface area (Å²) < 4.78 is 26.3. The molecule has 100 valence electrons. The summed E-state index contributed by atoms with van der Waals surface area (Å²) in [4.78, 5) is 0. The highest BCUT2D eigenvalue weighted by Gasteiger charge is 2.28. The number of hydrogen-bond acceptors (Lipinski definition) is 2. The Labute approximate surface area is 110 Å². The Balaban J connectivity index is 2.14. The molecule has 2 rings (SSSR count). The Kier molecular flexibility index (Phi) is 4.07. The van der Waals surface area contributed by atoms with Gasteiger partial charge in [0.05, 0.1) is 5.75 Å². The van der Waals surface area contributed by atoms with E-state index < -0.39 is 10.0 Å². The van der Waals surface area contributed by atoms with Crippen molar-refractivity contribution in [2.75, 3.05) is 7.05 Å². The molecule has 1 aliphatic carbocycles. The fourth-order valence-corrected chi connectivity index (χ4v) is 4.15. The van der Waals surface area contributed by atoms with Crippen LogP contribution in [0.4, 0.5) is 0 Å². The summed E-state index contributed by atoms with van der Waals surface area (Å²) >= 11 is 0. The predicted octanol–water partition coefficient (Wildman–Crippen LogP) is 2.70. The topological polar surface area (TPSA) is 37.4 Å². The molecule has 1 aliphatic rings. The third kappa shape index (κ3) is 2.93. The molecule has 1 saturated carbocycles. The number of nitrogens with zero attached hydrogens (tertiary/aromatic N) is 1. The first-order chi connectivity index (χ1) is 8.50. The van der Waals surface area contributed by atoms with E-state index in [-0.39, 0.29) is 11.8 Å². The molecule has 0 amide bonds. The molecule has 0 atom stereocenters. The summed E-state index contributed by atoms with van der Waals surface area (Å²) in [6, 6.07) is 7.90. The molecular formula is C14H21NO2S. The first-order valence-corrected chi connectivity index (χ1v) is 8.12. The van der Waals surface area contributed by atoms with Crippen LogP contribution in [0, 0.1) is 6.92 Å². The maximum absolute atomic E-state index is 12.4. The molecular weight excluding hydrogens is 246 g/mol. The summed E-state index contributed by atoms with van der Waals surface area (Å²) in [5.41, 5.74) is 1.95. The number of benzene rings is 1. The van der Waals surface area contributed by atoms with Crippen molar-refractivity contribution >= 4 is 10.0 Å². The zero-order chi connectivity index (χ0) is 13.2. The van der Waals surface area contributed by atoms with Crippen molar-refractivity contribution in [2.24, 2.45) is 0 Å². The van der Waals surface area contributed by atoms with Gasteiger partial charge < -0.3 is 0 Å². The summed E-state index contributed by atoms with van der Waals surface area (Å²) in [5.74, 6) is 0.118. The van der Waals surface area contributed by atoms with E-state index in [0.717, 1.165) is 36.8 Å². The quantitative estimate of drug-likeness (QED) is 0.841. The summed E-state index contributed by atoms with van der Waals surface area (Å²) in [7, 11) is -1.46. The highest BCUT2D eigenvalue weighted by Crippen LogP contribution is 2.25. The molecule has 0 saturated heterocycles. The number of sulfonamides is 1. The molecule has 0 unspecified atom stereocenters. The average molecular weight is 267 g/mol. The van der Waals surface area contributed by atoms with Gasteiger partial charge in [0.2, 0.25) is 10.0 Å². The van der Waals surface area contributed by atoms with E-state index in [4.69, 9.17) is 0 Å². The molecule has 0 N–H and O–H groups in total. The van der Waals surface area contributed by atoms with E-state index in [1.807, 2.05) is 31.2 Å². The zero-order valence-electron chi connectivity index (χ0n) is 11.1. The lowest BCUT2D eigenvalue weighted by Gasteiger charge is -2.24. The average Bonchev–Trinajstić information content (AvgIpc) is 2.84. The zero-order valence-corrected chi connectivity index (χ0v) is 11.9. The Morgan fingerprint density at radius 2 is 1.83 bits per heavy atom. The maximum atomic E-state index is 12.4. The van der Waals surface area contributed by atoms with Crippen LogP contribution in [0.2, 0.25) is 0 Å². The minimum atomic E-state index is -3.19. The van der Waals surface area contributed by atoms with E-state index >= 15 is 0 Å². The van der Waals surface area contributed by atoms with E-state index in [1.165, 1.54) is 0 Å². The maximum Gasteiger partial charge on any atom is 0.218 e. The third-order valence-electron chi connectivity index (χ3n) is 3.88. The van der Waals surface area contributed by atoms with Gasteiger partial charge in [0, 0.05) is 13.1 Å². The normalized spacial score (nSPS) is 17.5. The summed E-state index contributed by atoms with van der Waals surface area (Å²) in [6.07, 6.45) is 4.30. The van der Waals surface area contributed by atoms with Gasteiger partial charge in [-0.3, -0.25) is 0 Å². The molecule has 0 heterocycles. The lowest BCUT2D eigenvalue weighted by molar-refractivity contribution is 0.372. The molecule has 0 spiro atoms. The standard InChI is InChI=1S/C14H21NO2S/c1-12-7-3-4-8-13(12)11-18(16,17)15(2)14-9-5-6-10-14/h3-4,7-8,14H,5-6,9-11H2,1-2H3. The van der Waals surface area contributed by atoms with Crippen molar-refractivity contribution in [3.63, 3.8) is 0 Å². The molecule has 18 heavy (non-hydrogen) atoms. The lowest BCUT2D eigenvalue weighted by Crippen LogP contribution is -2.36. The predicted molar refractivity (Wildman–Crippen MR) is 73.8 cm³/mol. The van der Waals surface area contributed by atoms with Crippen LogP contribution in [-0.4, -0.2) is 25.8 Å². The molecule has 0 bridgehead atoms. The van der Waals surface area contributed by atoms with Crippen LogP contribution >= 0.6 is 0 Å². The Hall–Kier alpha value is -0.870. The first kappa shape index (κ1) is 13.6. The van der Waals surface area contributed by atoms with Gasteiger partial charge in [-0.25, -0.2) is 12.7 Å². The molecule has 1 fully saturated rings. The van der Waals surface area contributed by atoms with Crippen LogP contribution in [0.1, 0.15) is 36.8 Å². The molecule has 1 aromatic rings. The van der Waals surface area contributed by atoms with Crippen LogP contribution in [-0.2, 0) is 15.8 Å². The Bertz CT molecular complexity index is 504. The lowest BCUT2D eigenvalue weighted by atomic mass is 10.1. The minimum Gasteiger partial charge on any atom is -0.212 e. The fraction of sp³-hybridized carbons (Fsp3) is 0.571. The Morgan fingerprint density at radius 3 is 2.44 bits per heavy atom. The minimum absolute atomic E-state index is 0.118. The van der Waals surface area contributed by atoms with Crippen LogP contribution in [0.3, 0.4) is 0 Å². The van der Waals surface area contributed by atoms with Crippen LogP contribution in [0.5, 0.6) is 0 Å². The van der Waals surface area contributed by atoms with Gasteiger partial charge in [-0.05, 0) is 30.9 Å². The second-order valence-electron chi connectivity index (χ2n) is 5.14. The first-order valence-electron chi connectivity index (χ1n) is 6.51. The fourth-order valence-electron chi connectivity index (χ4n) is 2.57. The molecule has 0 aromatic heterocycles. The SMILES string of the molecule is Cc1ccccc1CS(=O)(=O)N(C)C1CCCC1. The van der Waals surface area contributed by atoms with Crippen LogP contribution in [0.25, 0.3) is 0 Å². The van der Waals surface area contributed by atoms with Gasteiger partial charge in [-0.2, -0.15) is 0 Å². The van der Waals surface area contributed by atoms with Crippen molar-refractivity contribution in [3.8, 4) is 0 Å². The smallest absolute Gasteiger partial charge is 0.212 e. The molecule has 0 radical (unpaired) electrons. The summed E-state index contributed by atoms with van der Waals surface area (Å²) in [6.45, 7) is 1.96. The molecule has 4 heteroatoms. The highest BCUT2D eigenvalue weighted by molar-refractivity contribution is 7.88. The second-order valence-corrected chi connectivity index (χ2v) is 7.17. The molecule has 1 aromatic carbocycles. The monoisotopic (exact) mass is 267 g/mol. The second kappa shape index (κ2) is 5.41. The van der Waals surface area contributed by atoms with E-state index in [2.05, 4.69) is 0 Å². The highest BCUT2D eigenvalue weighted by atomic mass is 32.2. The van der Waals surface area contributed by atoms with E-state index in [1.54, 1.807) is 11.4 Å². The molecule has 3 nitrogen and oxygen atoms in total. The van der Waals surface area contributed by atoms with Crippen molar-refractivity contribution in [1.29, 1.82) is 0 Å². The van der Waals surface area contributed by atoms with Crippen molar-refractivity contribution < 1.29 is 8.42 Å². The van der Waals surface area contributed by atoms with Crippen LogP contribution in [0.15, 0.2) is 24.3 Å². The number of aryl methyl sites for hydroxylation is 1. The van der Waals surface area contributed by atoms with Crippen molar-refractivity contribution in [3.05, 3.63) is 35.4 Å². The van der Waals surface area contributed by atoms with Gasteiger partial charge in [-0.15, -0.1) is 0 Å². The Morgan fingerprint density at radius 1 is 1.22 bits per heavy atom. The van der Waals surface area contributed by atoms with Crippen molar-refractivity contribution in [2.45, 2.75) is 44.4 Å².